The number of carbonyl (C=O) groups excluding carboxylic acids is 1. The van der Waals surface area contributed by atoms with Gasteiger partial charge in [-0.3, -0.25) is 4.79 Å². The maximum Gasteiger partial charge on any atom is 0.217 e. The molecule has 15 heavy (non-hydrogen) atoms. The van der Waals surface area contributed by atoms with Crippen LogP contribution in [0.4, 0.5) is 0 Å². The molecule has 0 aromatic rings. The van der Waals surface area contributed by atoms with E-state index in [0.717, 1.165) is 0 Å². The predicted molar refractivity (Wildman–Crippen MR) is 47.6 cm³/mol. The molecule has 7 heteroatoms. The summed E-state index contributed by atoms with van der Waals surface area (Å²) in [6.45, 7) is 0.687. The lowest BCUT2D eigenvalue weighted by atomic mass is 9.97. The van der Waals surface area contributed by atoms with E-state index >= 15 is 0 Å². The number of aliphatic hydroxyl groups is 4. The molecule has 0 radical (unpaired) electrons. The molecule has 5 N–H and O–H groups in total. The van der Waals surface area contributed by atoms with Crippen molar-refractivity contribution < 1.29 is 30.0 Å². The Bertz CT molecular complexity index is 235. The number of nitrogens with one attached hydrogen (secondary N) is 1. The fraction of sp³-hybridized carbons (Fsp3) is 0.875. The number of carbonyl (C=O) groups is 1. The topological polar surface area (TPSA) is 119 Å². The molecular weight excluding hydrogens is 206 g/mol. The van der Waals surface area contributed by atoms with Gasteiger partial charge in [-0.1, -0.05) is 0 Å². The highest BCUT2D eigenvalue weighted by atomic mass is 16.6. The van der Waals surface area contributed by atoms with E-state index in [2.05, 4.69) is 5.32 Å². The van der Waals surface area contributed by atoms with Crippen molar-refractivity contribution in [2.24, 2.45) is 0 Å². The number of aliphatic hydroxyl groups excluding tert-OH is 4. The summed E-state index contributed by atoms with van der Waals surface area (Å²) in [5.41, 5.74) is 0. The fourth-order valence-corrected chi connectivity index (χ4v) is 1.49. The Hall–Kier alpha value is -0.730. The van der Waals surface area contributed by atoms with Gasteiger partial charge in [0.15, 0.2) is 6.29 Å². The summed E-state index contributed by atoms with van der Waals surface area (Å²) in [6.07, 6.45) is -5.24. The Morgan fingerprint density at radius 3 is 2.40 bits per heavy atom. The zero-order chi connectivity index (χ0) is 11.6. The minimum Gasteiger partial charge on any atom is -0.394 e. The van der Waals surface area contributed by atoms with E-state index in [1.165, 1.54) is 6.92 Å². The first kappa shape index (κ1) is 12.3. The van der Waals surface area contributed by atoms with Gasteiger partial charge in [0.2, 0.25) is 5.91 Å². The van der Waals surface area contributed by atoms with E-state index < -0.39 is 43.2 Å². The summed E-state index contributed by atoms with van der Waals surface area (Å²) < 4.78 is 4.81. The monoisotopic (exact) mass is 221 g/mol. The third-order valence-electron chi connectivity index (χ3n) is 2.27. The molecule has 1 aliphatic heterocycles. The summed E-state index contributed by atoms with van der Waals surface area (Å²) in [5.74, 6) is -0.462. The summed E-state index contributed by atoms with van der Waals surface area (Å²) in [7, 11) is 0. The third-order valence-corrected chi connectivity index (χ3v) is 2.27. The van der Waals surface area contributed by atoms with Gasteiger partial charge in [-0.15, -0.1) is 0 Å². The van der Waals surface area contributed by atoms with Crippen molar-refractivity contribution in [2.75, 3.05) is 6.61 Å². The van der Waals surface area contributed by atoms with Gasteiger partial charge in [0.1, 0.15) is 24.4 Å². The van der Waals surface area contributed by atoms with Gasteiger partial charge in [0.05, 0.1) is 6.61 Å². The van der Waals surface area contributed by atoms with E-state index in [0.29, 0.717) is 0 Å². The van der Waals surface area contributed by atoms with Gasteiger partial charge in [-0.2, -0.15) is 0 Å². The molecule has 0 aliphatic carbocycles. The van der Waals surface area contributed by atoms with Crippen molar-refractivity contribution >= 4 is 5.91 Å². The minimum atomic E-state index is -1.45. The average Bonchev–Trinajstić information content (AvgIpc) is 2.18. The number of hydrogen-bond donors (Lipinski definition) is 5. The molecule has 0 saturated carbocycles. The summed E-state index contributed by atoms with van der Waals surface area (Å²) in [4.78, 5) is 10.7. The van der Waals surface area contributed by atoms with Crippen molar-refractivity contribution in [2.45, 2.75) is 37.6 Å². The number of amides is 1. The van der Waals surface area contributed by atoms with Crippen LogP contribution in [0.2, 0.25) is 0 Å². The normalized spacial score (nSPS) is 41.3. The third kappa shape index (κ3) is 2.64. The van der Waals surface area contributed by atoms with Gasteiger partial charge in [-0.05, 0) is 0 Å². The van der Waals surface area contributed by atoms with Crippen LogP contribution >= 0.6 is 0 Å². The molecule has 0 aromatic carbocycles. The van der Waals surface area contributed by atoms with Crippen molar-refractivity contribution in [3.63, 3.8) is 0 Å². The molecule has 7 nitrogen and oxygen atoms in total. The first-order chi connectivity index (χ1) is 6.97. The van der Waals surface area contributed by atoms with Gasteiger partial charge in [0.25, 0.3) is 0 Å². The lowest BCUT2D eigenvalue weighted by Crippen LogP contribution is -2.63. The maximum absolute atomic E-state index is 10.7. The van der Waals surface area contributed by atoms with Crippen molar-refractivity contribution in [1.29, 1.82) is 0 Å². The first-order valence-corrected chi connectivity index (χ1v) is 4.55. The lowest BCUT2D eigenvalue weighted by Gasteiger charge is -2.40. The summed E-state index contributed by atoms with van der Waals surface area (Å²) in [5, 5.41) is 39.4. The molecule has 0 spiro atoms. The smallest absolute Gasteiger partial charge is 0.217 e. The van der Waals surface area contributed by atoms with E-state index in [4.69, 9.17) is 9.84 Å². The molecule has 0 aromatic heterocycles. The highest BCUT2D eigenvalue weighted by Gasteiger charge is 2.43. The molecule has 5 atom stereocenters. The second-order valence-electron chi connectivity index (χ2n) is 3.46. The van der Waals surface area contributed by atoms with Crippen LogP contribution in [0, 0.1) is 0 Å². The predicted octanol–water partition coefficient (Wildman–Crippen LogP) is -3.08. The Labute approximate surface area is 86.3 Å². The largest absolute Gasteiger partial charge is 0.394 e. The quantitative estimate of drug-likeness (QED) is 0.337. The van der Waals surface area contributed by atoms with Crippen LogP contribution in [0.25, 0.3) is 0 Å². The first-order valence-electron chi connectivity index (χ1n) is 4.55. The van der Waals surface area contributed by atoms with E-state index in [9.17, 15) is 20.1 Å². The van der Waals surface area contributed by atoms with Gasteiger partial charge in [-0.25, -0.2) is 0 Å². The minimum absolute atomic E-state index is 0.462. The number of ether oxygens (including phenoxy) is 1. The summed E-state index contributed by atoms with van der Waals surface area (Å²) in [6, 6.07) is -1.10. The zero-order valence-electron chi connectivity index (χ0n) is 8.20. The standard InChI is InChI=1S/C8H15NO6/c1-3(11)9-5-7(13)6(12)4(2-10)15-8(5)14/h4-8,10,12-14H,2H2,1H3,(H,9,11)/t4-,5-,6+,7+,8+/m1/s1. The number of rotatable bonds is 2. The highest BCUT2D eigenvalue weighted by Crippen LogP contribution is 2.19. The van der Waals surface area contributed by atoms with E-state index in [1.807, 2.05) is 0 Å². The van der Waals surface area contributed by atoms with E-state index in [-0.39, 0.29) is 0 Å². The van der Waals surface area contributed by atoms with Crippen LogP contribution in [-0.2, 0) is 9.53 Å². The molecule has 1 aliphatic rings. The van der Waals surface area contributed by atoms with Crippen LogP contribution in [0.15, 0.2) is 0 Å². The van der Waals surface area contributed by atoms with Crippen LogP contribution in [0.1, 0.15) is 6.92 Å². The number of hydrogen-bond acceptors (Lipinski definition) is 6. The van der Waals surface area contributed by atoms with Gasteiger partial charge < -0.3 is 30.5 Å². The average molecular weight is 221 g/mol. The van der Waals surface area contributed by atoms with Crippen LogP contribution in [0.3, 0.4) is 0 Å². The van der Waals surface area contributed by atoms with Gasteiger partial charge >= 0.3 is 0 Å². The van der Waals surface area contributed by atoms with E-state index in [1.54, 1.807) is 0 Å². The second-order valence-corrected chi connectivity index (χ2v) is 3.46. The molecule has 88 valence electrons. The Morgan fingerprint density at radius 2 is 1.93 bits per heavy atom. The molecule has 1 heterocycles. The zero-order valence-corrected chi connectivity index (χ0v) is 8.20. The molecule has 1 saturated heterocycles. The van der Waals surface area contributed by atoms with Crippen LogP contribution < -0.4 is 5.32 Å². The summed E-state index contributed by atoms with van der Waals surface area (Å²) >= 11 is 0. The fourth-order valence-electron chi connectivity index (χ4n) is 1.49. The molecule has 1 amide bonds. The lowest BCUT2D eigenvalue weighted by molar-refractivity contribution is -0.253. The Balaban J connectivity index is 2.70. The van der Waals surface area contributed by atoms with Crippen LogP contribution in [0.5, 0.6) is 0 Å². The highest BCUT2D eigenvalue weighted by molar-refractivity contribution is 5.73. The Morgan fingerprint density at radius 1 is 1.33 bits per heavy atom. The molecule has 1 rings (SSSR count). The van der Waals surface area contributed by atoms with Crippen LogP contribution in [-0.4, -0.2) is 63.6 Å². The van der Waals surface area contributed by atoms with Crippen molar-refractivity contribution in [1.82, 2.24) is 5.32 Å². The maximum atomic E-state index is 10.7. The molecule has 1 fully saturated rings. The SMILES string of the molecule is CC(=O)N[C@@H]1[C@H](O)[C@@H](O)[C@@H](CO)O[C@@H]1O. The van der Waals surface area contributed by atoms with Gasteiger partial charge in [0, 0.05) is 6.92 Å². The van der Waals surface area contributed by atoms with Crippen molar-refractivity contribution in [3.8, 4) is 0 Å². The van der Waals surface area contributed by atoms with Crippen molar-refractivity contribution in [3.05, 3.63) is 0 Å². The molecule has 0 bridgehead atoms. The molecule has 0 unspecified atom stereocenters. The Kier molecular flexibility index (Phi) is 4.00. The molecular formula is C8H15NO6. The second kappa shape index (κ2) is 4.86.